The number of carbonyl (C=O) groups is 1. The van der Waals surface area contributed by atoms with Gasteiger partial charge >= 0.3 is 0 Å². The Hall–Kier alpha value is -2.62. The summed E-state index contributed by atoms with van der Waals surface area (Å²) < 4.78 is 38.3. The van der Waals surface area contributed by atoms with Gasteiger partial charge in [-0.05, 0) is 74.7 Å². The first-order chi connectivity index (χ1) is 15.4. The predicted molar refractivity (Wildman–Crippen MR) is 123 cm³/mol. The zero-order valence-corrected chi connectivity index (χ0v) is 19.5. The molecule has 1 aliphatic rings. The van der Waals surface area contributed by atoms with E-state index in [9.17, 15) is 13.2 Å². The lowest BCUT2D eigenvalue weighted by molar-refractivity contribution is -0.124. The van der Waals surface area contributed by atoms with Crippen LogP contribution in [-0.2, 0) is 14.8 Å². The first kappa shape index (κ1) is 24.0. The lowest BCUT2D eigenvalue weighted by Crippen LogP contribution is -2.44. The third-order valence-electron chi connectivity index (χ3n) is 4.88. The van der Waals surface area contributed by atoms with Gasteiger partial charge in [-0.3, -0.25) is 4.79 Å². The van der Waals surface area contributed by atoms with Crippen LogP contribution in [0.15, 0.2) is 52.5 Å². The molecule has 8 nitrogen and oxygen atoms in total. The molecule has 0 aromatic heterocycles. The number of rotatable bonds is 9. The van der Waals surface area contributed by atoms with Crippen LogP contribution >= 0.6 is 11.6 Å². The molecule has 1 fully saturated rings. The average molecular weight is 480 g/mol. The molecule has 0 saturated carbocycles. The highest BCUT2D eigenvalue weighted by atomic mass is 35.5. The molecule has 1 amide bonds. The van der Waals surface area contributed by atoms with Crippen LogP contribution in [-0.4, -0.2) is 50.6 Å². The topological polar surface area (TPSA) is 97.3 Å². The summed E-state index contributed by atoms with van der Waals surface area (Å²) in [6, 6.07) is 10.4. The van der Waals surface area contributed by atoms with Crippen molar-refractivity contribution in [1.82, 2.24) is 9.73 Å². The Morgan fingerprint density at radius 3 is 2.53 bits per heavy atom. The largest absolute Gasteiger partial charge is 0.490 e. The molecule has 1 atom stereocenters. The number of nitrogens with zero attached hydrogens (tertiary/aromatic N) is 2. The molecule has 0 bridgehead atoms. The molecular formula is C22H26ClN3O5S. The van der Waals surface area contributed by atoms with E-state index in [0.29, 0.717) is 48.1 Å². The maximum Gasteiger partial charge on any atom is 0.258 e. The van der Waals surface area contributed by atoms with Gasteiger partial charge in [-0.15, -0.1) is 0 Å². The molecule has 0 aliphatic carbocycles. The third-order valence-corrected chi connectivity index (χ3v) is 7.06. The Labute approximate surface area is 193 Å². The summed E-state index contributed by atoms with van der Waals surface area (Å²) in [5, 5.41) is 4.44. The van der Waals surface area contributed by atoms with Gasteiger partial charge in [0.2, 0.25) is 10.0 Å². The minimum absolute atomic E-state index is 0.0999. The van der Waals surface area contributed by atoms with Crippen LogP contribution in [0.3, 0.4) is 0 Å². The Morgan fingerprint density at radius 1 is 1.16 bits per heavy atom. The number of halogens is 1. The van der Waals surface area contributed by atoms with Crippen molar-refractivity contribution in [2.45, 2.75) is 37.6 Å². The van der Waals surface area contributed by atoms with Gasteiger partial charge in [0.25, 0.3) is 5.91 Å². The van der Waals surface area contributed by atoms with Gasteiger partial charge < -0.3 is 9.47 Å². The number of sulfonamides is 1. The maximum absolute atomic E-state index is 13.0. The van der Waals surface area contributed by atoms with Crippen molar-refractivity contribution in [3.8, 4) is 11.5 Å². The Morgan fingerprint density at radius 2 is 1.84 bits per heavy atom. The smallest absolute Gasteiger partial charge is 0.258 e. The van der Waals surface area contributed by atoms with Crippen LogP contribution < -0.4 is 14.9 Å². The van der Waals surface area contributed by atoms with Crippen molar-refractivity contribution in [3.63, 3.8) is 0 Å². The fourth-order valence-corrected chi connectivity index (χ4v) is 5.21. The second-order valence-corrected chi connectivity index (χ2v) is 9.36. The SMILES string of the molecule is CCOc1ccc(/C=N\NC(=O)[C@@H]2CCCN2S(=O)(=O)c2ccc(Cl)cc2)cc1OCC. The van der Waals surface area contributed by atoms with Gasteiger partial charge in [0.05, 0.1) is 24.3 Å². The van der Waals surface area contributed by atoms with Crippen LogP contribution in [0.4, 0.5) is 0 Å². The van der Waals surface area contributed by atoms with Gasteiger partial charge in [0, 0.05) is 11.6 Å². The molecule has 0 radical (unpaired) electrons. The van der Waals surface area contributed by atoms with Crippen molar-refractivity contribution in [2.24, 2.45) is 5.10 Å². The normalized spacial score (nSPS) is 16.9. The molecule has 0 unspecified atom stereocenters. The van der Waals surface area contributed by atoms with Crippen LogP contribution in [0.5, 0.6) is 11.5 Å². The fourth-order valence-electron chi connectivity index (χ4n) is 3.42. The lowest BCUT2D eigenvalue weighted by Gasteiger charge is -2.22. The number of hydrogen-bond acceptors (Lipinski definition) is 6. The molecule has 3 rings (SSSR count). The van der Waals surface area contributed by atoms with E-state index in [4.69, 9.17) is 21.1 Å². The highest BCUT2D eigenvalue weighted by Gasteiger charge is 2.39. The van der Waals surface area contributed by atoms with Crippen molar-refractivity contribution in [2.75, 3.05) is 19.8 Å². The molecule has 1 heterocycles. The van der Waals surface area contributed by atoms with Crippen LogP contribution in [0, 0.1) is 0 Å². The highest BCUT2D eigenvalue weighted by molar-refractivity contribution is 7.89. The van der Waals surface area contributed by atoms with Crippen molar-refractivity contribution >= 4 is 33.7 Å². The molecule has 0 spiro atoms. The fraction of sp³-hybridized carbons (Fsp3) is 0.364. The third kappa shape index (κ3) is 5.59. The molecule has 1 saturated heterocycles. The zero-order valence-electron chi connectivity index (χ0n) is 18.0. The van der Waals surface area contributed by atoms with E-state index in [1.54, 1.807) is 18.2 Å². The van der Waals surface area contributed by atoms with E-state index < -0.39 is 22.0 Å². The molecule has 1 aliphatic heterocycles. The quantitative estimate of drug-likeness (QED) is 0.439. The Balaban J connectivity index is 1.69. The van der Waals surface area contributed by atoms with Gasteiger partial charge in [-0.1, -0.05) is 11.6 Å². The molecule has 172 valence electrons. The number of hydrazone groups is 1. The highest BCUT2D eigenvalue weighted by Crippen LogP contribution is 2.28. The summed E-state index contributed by atoms with van der Waals surface area (Å²) in [6.45, 7) is 5.03. The van der Waals surface area contributed by atoms with Gasteiger partial charge in [-0.2, -0.15) is 9.41 Å². The number of amides is 1. The van der Waals surface area contributed by atoms with E-state index in [2.05, 4.69) is 10.5 Å². The maximum atomic E-state index is 13.0. The summed E-state index contributed by atoms with van der Waals surface area (Å²) in [4.78, 5) is 12.8. The lowest BCUT2D eigenvalue weighted by atomic mass is 10.2. The number of carbonyl (C=O) groups excluding carboxylic acids is 1. The second-order valence-electron chi connectivity index (χ2n) is 7.03. The Bertz CT molecular complexity index is 1070. The van der Waals surface area contributed by atoms with Gasteiger partial charge in [0.1, 0.15) is 6.04 Å². The van der Waals surface area contributed by atoms with Gasteiger partial charge in [-0.25, -0.2) is 13.8 Å². The average Bonchev–Trinajstić information content (AvgIpc) is 3.27. The summed E-state index contributed by atoms with van der Waals surface area (Å²) in [7, 11) is -3.82. The molecule has 2 aromatic rings. The molecule has 32 heavy (non-hydrogen) atoms. The summed E-state index contributed by atoms with van der Waals surface area (Å²) in [6.07, 6.45) is 2.49. The number of benzene rings is 2. The minimum Gasteiger partial charge on any atom is -0.490 e. The summed E-state index contributed by atoms with van der Waals surface area (Å²) in [5.74, 6) is 0.734. The number of nitrogens with one attached hydrogen (secondary N) is 1. The summed E-state index contributed by atoms with van der Waals surface area (Å²) in [5.41, 5.74) is 3.16. The first-order valence-electron chi connectivity index (χ1n) is 10.4. The van der Waals surface area contributed by atoms with Crippen molar-refractivity contribution in [1.29, 1.82) is 0 Å². The van der Waals surface area contributed by atoms with Crippen molar-refractivity contribution < 1.29 is 22.7 Å². The zero-order chi connectivity index (χ0) is 23.1. The van der Waals surface area contributed by atoms with E-state index in [0.717, 1.165) is 0 Å². The monoisotopic (exact) mass is 479 g/mol. The first-order valence-corrected chi connectivity index (χ1v) is 12.2. The van der Waals surface area contributed by atoms with E-state index in [1.807, 2.05) is 13.8 Å². The molecule has 2 aromatic carbocycles. The van der Waals surface area contributed by atoms with Crippen LogP contribution in [0.25, 0.3) is 0 Å². The molecular weight excluding hydrogens is 454 g/mol. The van der Waals surface area contributed by atoms with Crippen LogP contribution in [0.2, 0.25) is 5.02 Å². The second kappa shape index (κ2) is 10.8. The number of hydrogen-bond donors (Lipinski definition) is 1. The van der Waals surface area contributed by atoms with E-state index in [-0.39, 0.29) is 11.4 Å². The molecule has 1 N–H and O–H groups in total. The van der Waals surface area contributed by atoms with Crippen molar-refractivity contribution in [3.05, 3.63) is 53.1 Å². The van der Waals surface area contributed by atoms with Crippen LogP contribution in [0.1, 0.15) is 32.3 Å². The van der Waals surface area contributed by atoms with E-state index >= 15 is 0 Å². The predicted octanol–water partition coefficient (Wildman–Crippen LogP) is 3.44. The Kier molecular flexibility index (Phi) is 8.11. The molecule has 10 heteroatoms. The number of ether oxygens (including phenoxy) is 2. The summed E-state index contributed by atoms with van der Waals surface area (Å²) >= 11 is 5.86. The van der Waals surface area contributed by atoms with E-state index in [1.165, 1.54) is 34.8 Å². The van der Waals surface area contributed by atoms with Gasteiger partial charge in [0.15, 0.2) is 11.5 Å². The standard InChI is InChI=1S/C22H26ClN3O5S/c1-3-30-20-12-7-16(14-21(20)31-4-2)15-24-25-22(27)19-6-5-13-26(19)32(28,29)18-10-8-17(23)9-11-18/h7-12,14-15,19H,3-6,13H2,1-2H3,(H,25,27)/b24-15-/t19-/m0/s1. The minimum atomic E-state index is -3.82.